The Morgan fingerprint density at radius 2 is 1.60 bits per heavy atom. The molecular weight excluding hydrogens is 581 g/mol. The van der Waals surface area contributed by atoms with Crippen LogP contribution in [0.3, 0.4) is 0 Å². The monoisotopic (exact) mass is 607 g/mol. The molecule has 0 unspecified atom stereocenters. The number of halogens is 5. The van der Waals surface area contributed by atoms with Gasteiger partial charge in [-0.25, -0.2) is 31.1 Å². The van der Waals surface area contributed by atoms with E-state index in [1.54, 1.807) is 12.3 Å². The number of pyridine rings is 1. The van der Waals surface area contributed by atoms with Gasteiger partial charge in [0.2, 0.25) is 11.7 Å². The summed E-state index contributed by atoms with van der Waals surface area (Å²) >= 11 is 0.250. The summed E-state index contributed by atoms with van der Waals surface area (Å²) in [6.07, 6.45) is 7.60. The number of amides is 1. The second kappa shape index (κ2) is 12.3. The molecule has 1 amide bonds. The number of benzene rings is 2. The molecule has 1 aliphatic heterocycles. The molecule has 1 saturated heterocycles. The van der Waals surface area contributed by atoms with E-state index in [2.05, 4.69) is 4.98 Å². The first-order valence-corrected chi connectivity index (χ1v) is 14.1. The quantitative estimate of drug-likeness (QED) is 0.130. The minimum atomic E-state index is -2.27. The van der Waals surface area contributed by atoms with E-state index in [0.717, 1.165) is 43.4 Å². The van der Waals surface area contributed by atoms with Gasteiger partial charge in [0.1, 0.15) is 22.3 Å². The van der Waals surface area contributed by atoms with Gasteiger partial charge in [-0.1, -0.05) is 25.3 Å². The summed E-state index contributed by atoms with van der Waals surface area (Å²) in [5.74, 6) is -12.6. The Morgan fingerprint density at radius 1 is 0.929 bits per heavy atom. The van der Waals surface area contributed by atoms with Crippen LogP contribution in [0.2, 0.25) is 0 Å². The summed E-state index contributed by atoms with van der Waals surface area (Å²) in [5.41, 5.74) is 1.33. The molecule has 1 saturated carbocycles. The Hall–Kier alpha value is -3.71. The van der Waals surface area contributed by atoms with E-state index in [4.69, 9.17) is 0 Å². The van der Waals surface area contributed by atoms with Crippen LogP contribution in [0.4, 0.5) is 27.6 Å². The second-order valence-electron chi connectivity index (χ2n) is 10.3. The van der Waals surface area contributed by atoms with E-state index in [-0.39, 0.29) is 42.7 Å². The number of rotatable bonds is 8. The number of phenols is 1. The Bertz CT molecular complexity index is 1490. The lowest BCUT2D eigenvalue weighted by Crippen LogP contribution is -2.54. The predicted octanol–water partition coefficient (Wildman–Crippen LogP) is 6.54. The maximum Gasteiger partial charge on any atom is 0.339 e. The third-order valence-electron chi connectivity index (χ3n) is 7.67. The Morgan fingerprint density at radius 3 is 2.14 bits per heavy atom. The van der Waals surface area contributed by atoms with Gasteiger partial charge in [0.25, 0.3) is 0 Å². The van der Waals surface area contributed by atoms with E-state index in [9.17, 15) is 41.8 Å². The Labute approximate surface area is 242 Å². The molecule has 5 rings (SSSR count). The molecular formula is C29H26F5N3O4S. The van der Waals surface area contributed by atoms with Crippen molar-refractivity contribution in [1.82, 2.24) is 9.29 Å². The summed E-state index contributed by atoms with van der Waals surface area (Å²) in [7, 11) is 0. The number of hydrogen-bond acceptors (Lipinski definition) is 6. The fourth-order valence-electron chi connectivity index (χ4n) is 5.22. The van der Waals surface area contributed by atoms with Gasteiger partial charge in [0, 0.05) is 24.5 Å². The average molecular weight is 608 g/mol. The highest BCUT2D eigenvalue weighted by Crippen LogP contribution is 2.39. The first kappa shape index (κ1) is 29.8. The summed E-state index contributed by atoms with van der Waals surface area (Å²) in [6, 6.07) is 6.27. The van der Waals surface area contributed by atoms with Crippen molar-refractivity contribution in [1.29, 1.82) is 0 Å². The van der Waals surface area contributed by atoms with Gasteiger partial charge < -0.3 is 15.1 Å². The van der Waals surface area contributed by atoms with Crippen LogP contribution in [-0.2, 0) is 11.3 Å². The molecule has 1 aliphatic carbocycles. The van der Waals surface area contributed by atoms with Gasteiger partial charge in [0.05, 0.1) is 12.2 Å². The number of aromatic carboxylic acids is 1. The van der Waals surface area contributed by atoms with E-state index in [1.165, 1.54) is 21.7 Å². The van der Waals surface area contributed by atoms with Crippen molar-refractivity contribution in [3.05, 3.63) is 82.4 Å². The number of anilines is 1. The van der Waals surface area contributed by atoms with Crippen LogP contribution in [-0.4, -0.2) is 44.0 Å². The lowest BCUT2D eigenvalue weighted by Gasteiger charge is -2.41. The summed E-state index contributed by atoms with van der Waals surface area (Å²) in [4.78, 5) is 29.8. The molecule has 7 nitrogen and oxygen atoms in total. The van der Waals surface area contributed by atoms with Crippen LogP contribution in [0.5, 0.6) is 5.75 Å². The van der Waals surface area contributed by atoms with E-state index >= 15 is 0 Å². The molecule has 2 fully saturated rings. The smallest absolute Gasteiger partial charge is 0.339 e. The van der Waals surface area contributed by atoms with Crippen molar-refractivity contribution in [3.63, 3.8) is 0 Å². The molecule has 2 N–H and O–H groups in total. The summed E-state index contributed by atoms with van der Waals surface area (Å²) in [6.45, 7) is 0.0269. The molecule has 222 valence electrons. The third-order valence-corrected chi connectivity index (χ3v) is 8.88. The van der Waals surface area contributed by atoms with Crippen LogP contribution in [0.15, 0.2) is 41.4 Å². The van der Waals surface area contributed by atoms with Crippen LogP contribution in [0, 0.1) is 29.1 Å². The van der Waals surface area contributed by atoms with Crippen LogP contribution in [0.1, 0.15) is 66.1 Å². The minimum Gasteiger partial charge on any atom is -0.507 e. The Kier molecular flexibility index (Phi) is 8.69. The standard InChI is InChI=1S/C29H26F5N3O4S/c30-22-23(31)25(33)27(26(34)24(22)32)42-37-11-10-20(37)28(39)36(18-8-9-19(29(40)41)21(38)12-18)14-17-7-6-16(13-35-17)15-4-2-1-3-5-15/h6-9,12-13,15,20,38H,1-5,10-11,14H2,(H,40,41)/t20-/m1/s1. The lowest BCUT2D eigenvalue weighted by molar-refractivity contribution is -0.124. The van der Waals surface area contributed by atoms with Gasteiger partial charge >= 0.3 is 5.97 Å². The van der Waals surface area contributed by atoms with E-state index in [0.29, 0.717) is 11.6 Å². The number of carbonyl (C=O) groups excluding carboxylic acids is 1. The highest BCUT2D eigenvalue weighted by molar-refractivity contribution is 7.97. The highest BCUT2D eigenvalue weighted by Gasteiger charge is 2.40. The molecule has 0 radical (unpaired) electrons. The highest BCUT2D eigenvalue weighted by atomic mass is 32.2. The van der Waals surface area contributed by atoms with Gasteiger partial charge in [-0.3, -0.25) is 9.78 Å². The van der Waals surface area contributed by atoms with E-state index < -0.39 is 57.6 Å². The molecule has 1 atom stereocenters. The zero-order valence-electron chi connectivity index (χ0n) is 22.1. The van der Waals surface area contributed by atoms with Crippen molar-refractivity contribution in [2.75, 3.05) is 11.4 Å². The van der Waals surface area contributed by atoms with Crippen LogP contribution < -0.4 is 4.90 Å². The van der Waals surface area contributed by atoms with Crippen molar-refractivity contribution < 1.29 is 41.8 Å². The van der Waals surface area contributed by atoms with Gasteiger partial charge in [0.15, 0.2) is 23.3 Å². The number of hydrogen-bond donors (Lipinski definition) is 2. The molecule has 42 heavy (non-hydrogen) atoms. The zero-order valence-corrected chi connectivity index (χ0v) is 22.9. The number of aromatic nitrogens is 1. The molecule has 3 aromatic rings. The SMILES string of the molecule is O=C(O)c1ccc(N(Cc2ccc(C3CCCCC3)cn2)C(=O)[C@H]2CCN2Sc2c(F)c(F)c(F)c(F)c2F)cc1O. The van der Waals surface area contributed by atoms with Crippen molar-refractivity contribution in [3.8, 4) is 5.75 Å². The zero-order chi connectivity index (χ0) is 30.1. The number of carbonyl (C=O) groups is 2. The van der Waals surface area contributed by atoms with Crippen LogP contribution >= 0.6 is 11.9 Å². The Balaban J connectivity index is 1.42. The van der Waals surface area contributed by atoms with Gasteiger partial charge in [-0.05, 0) is 60.9 Å². The van der Waals surface area contributed by atoms with Gasteiger partial charge in [-0.15, -0.1) is 0 Å². The largest absolute Gasteiger partial charge is 0.507 e. The maximum absolute atomic E-state index is 14.3. The van der Waals surface area contributed by atoms with E-state index in [1.807, 2.05) is 6.07 Å². The van der Waals surface area contributed by atoms with Crippen LogP contribution in [0.25, 0.3) is 0 Å². The number of carboxylic acids is 1. The first-order chi connectivity index (χ1) is 20.1. The lowest BCUT2D eigenvalue weighted by atomic mass is 9.85. The molecule has 0 bridgehead atoms. The average Bonchev–Trinajstić information content (AvgIpc) is 2.97. The fourth-order valence-corrected chi connectivity index (χ4v) is 6.31. The second-order valence-corrected chi connectivity index (χ2v) is 11.3. The molecule has 1 aromatic heterocycles. The number of nitrogens with zero attached hydrogens (tertiary/aromatic N) is 3. The first-order valence-electron chi connectivity index (χ1n) is 13.3. The summed E-state index contributed by atoms with van der Waals surface area (Å²) < 4.78 is 70.9. The minimum absolute atomic E-state index is 0.0901. The number of carboxylic acid groups (broad SMARTS) is 1. The summed E-state index contributed by atoms with van der Waals surface area (Å²) in [5, 5.41) is 19.6. The van der Waals surface area contributed by atoms with Crippen molar-refractivity contribution in [2.45, 2.75) is 61.9 Å². The molecule has 2 aromatic carbocycles. The third kappa shape index (κ3) is 5.80. The topological polar surface area (TPSA) is 94.0 Å². The molecule has 0 spiro atoms. The molecule has 2 aliphatic rings. The van der Waals surface area contributed by atoms with Crippen molar-refractivity contribution >= 4 is 29.5 Å². The predicted molar refractivity (Wildman–Crippen MR) is 144 cm³/mol. The van der Waals surface area contributed by atoms with Gasteiger partial charge in [-0.2, -0.15) is 0 Å². The maximum atomic E-state index is 14.3. The normalized spacial score (nSPS) is 17.6. The number of aromatic hydroxyl groups is 1. The fraction of sp³-hybridized carbons (Fsp3) is 0.345. The molecule has 2 heterocycles. The molecule has 13 heteroatoms. The van der Waals surface area contributed by atoms with Crippen molar-refractivity contribution in [2.24, 2.45) is 0 Å².